The molecule has 0 bridgehead atoms. The second-order valence-electron chi connectivity index (χ2n) is 5.45. The average molecular weight is 251 g/mol. The van der Waals surface area contributed by atoms with Crippen molar-refractivity contribution in [1.82, 2.24) is 0 Å². The summed E-state index contributed by atoms with van der Waals surface area (Å²) in [5.74, 6) is 0. The molecule has 5 nitrogen and oxygen atoms in total. The molecule has 100 valence electrons. The van der Waals surface area contributed by atoms with Crippen molar-refractivity contribution < 1.29 is 4.92 Å². The molecule has 18 heavy (non-hydrogen) atoms. The first kappa shape index (κ1) is 14.4. The molecule has 0 saturated carbocycles. The van der Waals surface area contributed by atoms with Gasteiger partial charge in [0, 0.05) is 31.4 Å². The van der Waals surface area contributed by atoms with E-state index in [1.165, 1.54) is 6.07 Å². The van der Waals surface area contributed by atoms with Crippen LogP contribution >= 0.6 is 0 Å². The third-order valence-electron chi connectivity index (χ3n) is 3.02. The maximum Gasteiger partial charge on any atom is 0.269 e. The van der Waals surface area contributed by atoms with Crippen molar-refractivity contribution in [3.8, 4) is 0 Å². The van der Waals surface area contributed by atoms with Crippen LogP contribution in [-0.2, 0) is 0 Å². The fraction of sp³-hybridized carbons (Fsp3) is 0.538. The molecule has 2 N–H and O–H groups in total. The molecule has 0 radical (unpaired) electrons. The molecule has 0 spiro atoms. The van der Waals surface area contributed by atoms with Crippen LogP contribution in [-0.4, -0.2) is 25.1 Å². The Labute approximate surface area is 108 Å². The summed E-state index contributed by atoms with van der Waals surface area (Å²) < 4.78 is 0. The van der Waals surface area contributed by atoms with Crippen molar-refractivity contribution in [3.05, 3.63) is 33.9 Å². The average Bonchev–Trinajstić information content (AvgIpc) is 2.28. The van der Waals surface area contributed by atoms with E-state index in [0.717, 1.165) is 17.8 Å². The molecular formula is C13H21N3O2. The predicted octanol–water partition coefficient (Wildman–Crippen LogP) is 2.32. The summed E-state index contributed by atoms with van der Waals surface area (Å²) in [5.41, 5.74) is 7.77. The number of benzene rings is 1. The van der Waals surface area contributed by atoms with Crippen LogP contribution in [0.3, 0.4) is 0 Å². The number of non-ortho nitro benzene ring substituents is 1. The van der Waals surface area contributed by atoms with Crippen LogP contribution in [0.5, 0.6) is 0 Å². The molecule has 0 aliphatic heterocycles. The summed E-state index contributed by atoms with van der Waals surface area (Å²) in [6.07, 6.45) is 0. The molecule has 0 unspecified atom stereocenters. The van der Waals surface area contributed by atoms with Gasteiger partial charge in [0.15, 0.2) is 0 Å². The number of nitrogens with two attached hydrogens (primary N) is 1. The fourth-order valence-corrected chi connectivity index (χ4v) is 1.97. The first-order chi connectivity index (χ1) is 8.26. The molecule has 1 rings (SSSR count). The lowest BCUT2D eigenvalue weighted by Gasteiger charge is -2.31. The van der Waals surface area contributed by atoms with Gasteiger partial charge < -0.3 is 10.6 Å². The van der Waals surface area contributed by atoms with Gasteiger partial charge in [-0.2, -0.15) is 0 Å². The second kappa shape index (κ2) is 5.35. The number of aryl methyl sites for hydroxylation is 1. The lowest BCUT2D eigenvalue weighted by atomic mass is 9.93. The number of nitro groups is 1. The first-order valence-corrected chi connectivity index (χ1v) is 5.93. The van der Waals surface area contributed by atoms with E-state index >= 15 is 0 Å². The summed E-state index contributed by atoms with van der Waals surface area (Å²) >= 11 is 0. The Hall–Kier alpha value is -1.62. The number of nitrogens with zero attached hydrogens (tertiary/aromatic N) is 2. The van der Waals surface area contributed by atoms with Crippen LogP contribution in [0, 0.1) is 22.5 Å². The summed E-state index contributed by atoms with van der Waals surface area (Å²) in [4.78, 5) is 12.4. The van der Waals surface area contributed by atoms with Gasteiger partial charge in [-0.15, -0.1) is 0 Å². The standard InChI is InChI=1S/C13H21N3O2/c1-10-7-11(16(17)18)5-6-12(10)15(4)9-13(2,3)8-14/h5-7H,8-9,14H2,1-4H3. The van der Waals surface area contributed by atoms with Crippen LogP contribution in [0.4, 0.5) is 11.4 Å². The molecule has 0 heterocycles. The normalized spacial score (nSPS) is 11.4. The molecule has 0 aliphatic carbocycles. The topological polar surface area (TPSA) is 72.4 Å². The van der Waals surface area contributed by atoms with E-state index in [1.807, 2.05) is 14.0 Å². The molecule has 0 aliphatic rings. The first-order valence-electron chi connectivity index (χ1n) is 5.93. The van der Waals surface area contributed by atoms with Crippen molar-refractivity contribution >= 4 is 11.4 Å². The Morgan fingerprint density at radius 2 is 2.06 bits per heavy atom. The second-order valence-corrected chi connectivity index (χ2v) is 5.45. The zero-order chi connectivity index (χ0) is 13.9. The molecule has 1 aromatic rings. The lowest BCUT2D eigenvalue weighted by molar-refractivity contribution is -0.384. The van der Waals surface area contributed by atoms with Crippen molar-refractivity contribution in [2.24, 2.45) is 11.1 Å². The van der Waals surface area contributed by atoms with Crippen molar-refractivity contribution in [3.63, 3.8) is 0 Å². The van der Waals surface area contributed by atoms with E-state index < -0.39 is 0 Å². The highest BCUT2D eigenvalue weighted by molar-refractivity contribution is 5.57. The Morgan fingerprint density at radius 1 is 1.44 bits per heavy atom. The number of nitro benzene ring substituents is 1. The summed E-state index contributed by atoms with van der Waals surface area (Å²) in [6, 6.07) is 4.93. The smallest absolute Gasteiger partial charge is 0.269 e. The van der Waals surface area contributed by atoms with Crippen LogP contribution in [0.15, 0.2) is 18.2 Å². The van der Waals surface area contributed by atoms with E-state index in [4.69, 9.17) is 5.73 Å². The quantitative estimate of drug-likeness (QED) is 0.644. The zero-order valence-corrected chi connectivity index (χ0v) is 11.4. The monoisotopic (exact) mass is 251 g/mol. The minimum atomic E-state index is -0.374. The van der Waals surface area contributed by atoms with E-state index in [-0.39, 0.29) is 16.0 Å². The summed E-state index contributed by atoms with van der Waals surface area (Å²) in [6.45, 7) is 7.49. The number of hydrogen-bond donors (Lipinski definition) is 1. The maximum absolute atomic E-state index is 10.7. The van der Waals surface area contributed by atoms with E-state index in [1.54, 1.807) is 12.1 Å². The van der Waals surface area contributed by atoms with Crippen LogP contribution in [0.1, 0.15) is 19.4 Å². The third kappa shape index (κ3) is 3.43. The SMILES string of the molecule is Cc1cc([N+](=O)[O-])ccc1N(C)CC(C)(C)CN. The molecule has 1 aromatic carbocycles. The molecule has 0 saturated heterocycles. The van der Waals surface area contributed by atoms with E-state index in [9.17, 15) is 10.1 Å². The highest BCUT2D eigenvalue weighted by Crippen LogP contribution is 2.26. The highest BCUT2D eigenvalue weighted by Gasteiger charge is 2.19. The van der Waals surface area contributed by atoms with Crippen molar-refractivity contribution in [2.45, 2.75) is 20.8 Å². The van der Waals surface area contributed by atoms with Crippen LogP contribution < -0.4 is 10.6 Å². The van der Waals surface area contributed by atoms with Crippen LogP contribution in [0.25, 0.3) is 0 Å². The molecule has 0 atom stereocenters. The van der Waals surface area contributed by atoms with Gasteiger partial charge in [0.1, 0.15) is 0 Å². The minimum absolute atomic E-state index is 0.0168. The lowest BCUT2D eigenvalue weighted by Crippen LogP contribution is -2.37. The number of rotatable bonds is 5. The summed E-state index contributed by atoms with van der Waals surface area (Å²) in [5, 5.41) is 10.7. The molecular weight excluding hydrogens is 230 g/mol. The van der Waals surface area contributed by atoms with E-state index in [2.05, 4.69) is 18.7 Å². The largest absolute Gasteiger partial charge is 0.374 e. The molecule has 5 heteroatoms. The van der Waals surface area contributed by atoms with Crippen LogP contribution in [0.2, 0.25) is 0 Å². The van der Waals surface area contributed by atoms with Gasteiger partial charge in [-0.3, -0.25) is 10.1 Å². The molecule has 0 aromatic heterocycles. The Balaban J connectivity index is 2.93. The Kier molecular flexibility index (Phi) is 4.29. The van der Waals surface area contributed by atoms with Gasteiger partial charge in [-0.25, -0.2) is 0 Å². The molecule has 0 amide bonds. The number of anilines is 1. The fourth-order valence-electron chi connectivity index (χ4n) is 1.97. The highest BCUT2D eigenvalue weighted by atomic mass is 16.6. The van der Waals surface area contributed by atoms with Gasteiger partial charge >= 0.3 is 0 Å². The third-order valence-corrected chi connectivity index (χ3v) is 3.02. The minimum Gasteiger partial charge on any atom is -0.374 e. The maximum atomic E-state index is 10.7. The van der Waals surface area contributed by atoms with Gasteiger partial charge in [0.25, 0.3) is 5.69 Å². The van der Waals surface area contributed by atoms with E-state index in [0.29, 0.717) is 6.54 Å². The number of hydrogen-bond acceptors (Lipinski definition) is 4. The Bertz CT molecular complexity index is 444. The van der Waals surface area contributed by atoms with Gasteiger partial charge in [0.2, 0.25) is 0 Å². The van der Waals surface area contributed by atoms with Gasteiger partial charge in [-0.05, 0) is 30.5 Å². The molecule has 0 fully saturated rings. The van der Waals surface area contributed by atoms with Gasteiger partial charge in [0.05, 0.1) is 4.92 Å². The predicted molar refractivity (Wildman–Crippen MR) is 73.9 cm³/mol. The van der Waals surface area contributed by atoms with Crippen molar-refractivity contribution in [2.75, 3.05) is 25.0 Å². The summed E-state index contributed by atoms with van der Waals surface area (Å²) in [7, 11) is 1.98. The zero-order valence-electron chi connectivity index (χ0n) is 11.4. The Morgan fingerprint density at radius 3 is 2.50 bits per heavy atom. The van der Waals surface area contributed by atoms with Crippen molar-refractivity contribution in [1.29, 1.82) is 0 Å². The van der Waals surface area contributed by atoms with Gasteiger partial charge in [-0.1, -0.05) is 13.8 Å².